The van der Waals surface area contributed by atoms with E-state index >= 15 is 0 Å². The van der Waals surface area contributed by atoms with Gasteiger partial charge in [-0.1, -0.05) is 8.25 Å². The largest absolute Gasteiger partial charge is 0.428 e. The van der Waals surface area contributed by atoms with Gasteiger partial charge in [0.2, 0.25) is 0 Å². The maximum absolute atomic E-state index is 14.5. The third-order valence-electron chi connectivity index (χ3n) is 5.22. The molecule has 12 nitrogen and oxygen atoms in total. The molecular formula is C20H10F14N2O10S4. The van der Waals surface area contributed by atoms with E-state index in [1.807, 2.05) is 0 Å². The first-order chi connectivity index (χ1) is 22.3. The van der Waals surface area contributed by atoms with Gasteiger partial charge < -0.3 is 9.47 Å². The van der Waals surface area contributed by atoms with Crippen molar-refractivity contribution in [2.24, 2.45) is 0 Å². The van der Waals surface area contributed by atoms with Crippen LogP contribution in [-0.2, 0) is 40.1 Å². The molecule has 2 aromatic carbocycles. The number of hydrogen-bond acceptors (Lipinski definition) is 10. The van der Waals surface area contributed by atoms with Gasteiger partial charge in [0.05, 0.1) is 9.79 Å². The van der Waals surface area contributed by atoms with E-state index in [9.17, 15) is 95.1 Å². The second kappa shape index (κ2) is 13.8. The lowest BCUT2D eigenvalue weighted by Gasteiger charge is -2.35. The Morgan fingerprint density at radius 3 is 0.920 bits per heavy atom. The molecule has 30 heteroatoms. The fourth-order valence-electron chi connectivity index (χ4n) is 2.85. The quantitative estimate of drug-likeness (QED) is 0.186. The lowest BCUT2D eigenvalue weighted by Crippen LogP contribution is -2.68. The first kappa shape index (κ1) is 42.4. The Labute approximate surface area is 269 Å². The first-order valence-corrected chi connectivity index (χ1v) is 17.3. The number of hydrogen-bond donors (Lipinski definition) is 2. The Morgan fingerprint density at radius 1 is 0.460 bits per heavy atom. The van der Waals surface area contributed by atoms with Crippen LogP contribution in [0.4, 0.5) is 61.5 Å². The third-order valence-corrected chi connectivity index (χ3v) is 12.4. The average molecular weight is 833 g/mol. The molecule has 0 spiro atoms. The molecule has 0 aliphatic heterocycles. The fourth-order valence-corrected chi connectivity index (χ4v) is 8.69. The van der Waals surface area contributed by atoms with Crippen molar-refractivity contribution in [3.63, 3.8) is 0 Å². The van der Waals surface area contributed by atoms with Crippen LogP contribution in [0, 0.1) is 0 Å². The highest BCUT2D eigenvalue weighted by Crippen LogP contribution is 2.55. The monoisotopic (exact) mass is 832 g/mol. The molecule has 50 heavy (non-hydrogen) atoms. The standard InChI is InChI=1S/C20H10F14N2O10S4/c21-13(22)15(25)45-9-1-5-11(6-2-9)47(37,38)35-49(41,42)19(31,32)17(27,28)18(29,30)20(33,34)50(43,44)36-48(39,40)12-7-3-10(4-8-12)46-16(26)14(23)24/h1-8,35-36H. The molecule has 0 aliphatic carbocycles. The van der Waals surface area contributed by atoms with Crippen LogP contribution in [-0.4, -0.2) is 56.0 Å². The van der Waals surface area contributed by atoms with Crippen molar-refractivity contribution in [3.05, 3.63) is 72.7 Å². The van der Waals surface area contributed by atoms with E-state index in [1.165, 1.54) is 0 Å². The lowest BCUT2D eigenvalue weighted by molar-refractivity contribution is -0.325. The smallest absolute Gasteiger partial charge is 0.428 e. The van der Waals surface area contributed by atoms with E-state index in [1.54, 1.807) is 0 Å². The summed E-state index contributed by atoms with van der Waals surface area (Å²) >= 11 is 0. The molecule has 0 amide bonds. The van der Waals surface area contributed by atoms with Crippen LogP contribution in [0.3, 0.4) is 0 Å². The minimum absolute atomic E-state index is 0.0497. The van der Waals surface area contributed by atoms with Gasteiger partial charge in [0.1, 0.15) is 11.5 Å². The molecule has 2 N–H and O–H groups in total. The number of benzene rings is 2. The normalized spacial score (nSPS) is 13.8. The van der Waals surface area contributed by atoms with Crippen molar-refractivity contribution in [1.29, 1.82) is 0 Å². The highest BCUT2D eigenvalue weighted by Gasteiger charge is 2.87. The Kier molecular flexibility index (Phi) is 11.7. The molecule has 0 heterocycles. The molecule has 2 rings (SSSR count). The predicted octanol–water partition coefficient (Wildman–Crippen LogP) is 4.89. The number of rotatable bonds is 15. The Bertz CT molecular complexity index is 1960. The number of halogens is 14. The molecule has 0 bridgehead atoms. The molecule has 0 aliphatic rings. The van der Waals surface area contributed by atoms with E-state index in [2.05, 4.69) is 9.47 Å². The maximum Gasteiger partial charge on any atom is 0.428 e. The second-order valence-corrected chi connectivity index (χ2v) is 15.9. The van der Waals surface area contributed by atoms with Crippen molar-refractivity contribution in [1.82, 2.24) is 8.25 Å². The Balaban J connectivity index is 2.45. The summed E-state index contributed by atoms with van der Waals surface area (Å²) in [7, 11) is -28.2. The Hall–Kier alpha value is -3.74. The predicted molar refractivity (Wildman–Crippen MR) is 133 cm³/mol. The topological polar surface area (TPSA) is 179 Å². The van der Waals surface area contributed by atoms with Gasteiger partial charge in [0, 0.05) is 0 Å². The van der Waals surface area contributed by atoms with Crippen LogP contribution in [0.5, 0.6) is 11.5 Å². The summed E-state index contributed by atoms with van der Waals surface area (Å²) in [5.74, 6) is -18.3. The molecule has 0 unspecified atom stereocenters. The summed E-state index contributed by atoms with van der Waals surface area (Å²) in [6.45, 7) is 0. The van der Waals surface area contributed by atoms with Crippen LogP contribution in [0.2, 0.25) is 0 Å². The van der Waals surface area contributed by atoms with Crippen molar-refractivity contribution in [2.45, 2.75) is 32.1 Å². The van der Waals surface area contributed by atoms with E-state index < -0.39 is 108 Å². The van der Waals surface area contributed by atoms with Gasteiger partial charge >= 0.3 is 46.5 Å². The van der Waals surface area contributed by atoms with Gasteiger partial charge in [0.25, 0.3) is 40.1 Å². The van der Waals surface area contributed by atoms with E-state index in [0.29, 0.717) is 0 Å². The Morgan fingerprint density at radius 2 is 0.700 bits per heavy atom. The van der Waals surface area contributed by atoms with Crippen molar-refractivity contribution < 1.29 is 105 Å². The highest BCUT2D eigenvalue weighted by atomic mass is 32.3. The lowest BCUT2D eigenvalue weighted by atomic mass is 10.2. The molecule has 0 atom stereocenters. The van der Waals surface area contributed by atoms with Gasteiger partial charge in [-0.25, -0.2) is 33.7 Å². The van der Waals surface area contributed by atoms with Crippen LogP contribution < -0.4 is 17.7 Å². The summed E-state index contributed by atoms with van der Waals surface area (Å²) in [6, 6.07) is -4.01. The average Bonchev–Trinajstić information content (AvgIpc) is 2.96. The SMILES string of the molecule is O=S(=O)(NS(=O)(=O)C(F)(F)C(F)(F)C(F)(F)C(F)(F)S(=O)(=O)NS(=O)(=O)c1ccc(OC(F)=C(F)F)cc1)c1ccc(OC(F)=C(F)F)cc1. The molecular weight excluding hydrogens is 822 g/mol. The van der Waals surface area contributed by atoms with Crippen LogP contribution in [0.15, 0.2) is 82.5 Å². The maximum atomic E-state index is 14.5. The van der Waals surface area contributed by atoms with E-state index in [0.717, 1.165) is 0 Å². The van der Waals surface area contributed by atoms with Gasteiger partial charge in [-0.2, -0.15) is 61.5 Å². The summed E-state index contributed by atoms with van der Waals surface area (Å²) in [5, 5.41) is -15.5. The molecule has 282 valence electrons. The van der Waals surface area contributed by atoms with Gasteiger partial charge in [-0.3, -0.25) is 0 Å². The van der Waals surface area contributed by atoms with E-state index in [-0.39, 0.29) is 56.8 Å². The van der Waals surface area contributed by atoms with Crippen molar-refractivity contribution in [2.75, 3.05) is 0 Å². The number of ether oxygens (including phenoxy) is 2. The molecule has 2 aromatic rings. The summed E-state index contributed by atoms with van der Waals surface area (Å²) in [5.41, 5.74) is 0. The summed E-state index contributed by atoms with van der Waals surface area (Å²) < 4.78 is 293. The van der Waals surface area contributed by atoms with Gasteiger partial charge in [-0.15, -0.1) is 0 Å². The number of alkyl halides is 8. The van der Waals surface area contributed by atoms with Crippen LogP contribution in [0.1, 0.15) is 0 Å². The molecule has 0 aromatic heterocycles. The van der Waals surface area contributed by atoms with Crippen LogP contribution in [0.25, 0.3) is 0 Å². The summed E-state index contributed by atoms with van der Waals surface area (Å²) in [6.07, 6.45) is -6.09. The minimum Gasteiger partial charge on any atom is -0.428 e. The van der Waals surface area contributed by atoms with Gasteiger partial charge in [0.15, 0.2) is 0 Å². The zero-order valence-electron chi connectivity index (χ0n) is 22.6. The molecule has 0 saturated heterocycles. The zero-order chi connectivity index (χ0) is 39.1. The summed E-state index contributed by atoms with van der Waals surface area (Å²) in [4.78, 5) is -3.22. The zero-order valence-corrected chi connectivity index (χ0v) is 25.9. The number of nitrogens with one attached hydrogen (secondary N) is 2. The number of sulfonamides is 4. The molecule has 0 fully saturated rings. The van der Waals surface area contributed by atoms with Crippen molar-refractivity contribution >= 4 is 40.1 Å². The highest BCUT2D eigenvalue weighted by molar-refractivity contribution is 8.05. The van der Waals surface area contributed by atoms with E-state index in [4.69, 9.17) is 0 Å². The fraction of sp³-hybridized carbons (Fsp3) is 0.200. The van der Waals surface area contributed by atoms with Gasteiger partial charge in [-0.05, 0) is 48.5 Å². The third kappa shape index (κ3) is 8.08. The first-order valence-electron chi connectivity index (χ1n) is 11.3. The second-order valence-electron chi connectivity index (χ2n) is 8.58. The minimum atomic E-state index is -8.16. The molecule has 0 saturated carbocycles. The van der Waals surface area contributed by atoms with Crippen LogP contribution >= 0.6 is 0 Å². The van der Waals surface area contributed by atoms with Crippen molar-refractivity contribution in [3.8, 4) is 11.5 Å². The molecule has 0 radical (unpaired) electrons.